The van der Waals surface area contributed by atoms with Crippen LogP contribution in [0.1, 0.15) is 60.1 Å². The summed E-state index contributed by atoms with van der Waals surface area (Å²) in [5.41, 5.74) is 2.24. The summed E-state index contributed by atoms with van der Waals surface area (Å²) in [6.45, 7) is 6.76. The number of amides is 2. The molecule has 0 bridgehead atoms. The fourth-order valence-corrected chi connectivity index (χ4v) is 3.78. The third-order valence-corrected chi connectivity index (χ3v) is 5.48. The van der Waals surface area contributed by atoms with Gasteiger partial charge in [0.05, 0.1) is 17.8 Å². The maximum absolute atomic E-state index is 12.7. The maximum Gasteiger partial charge on any atom is 0.267 e. The Balaban J connectivity index is 1.58. The van der Waals surface area contributed by atoms with E-state index in [4.69, 9.17) is 9.26 Å². The van der Waals surface area contributed by atoms with E-state index in [9.17, 15) is 9.59 Å². The van der Waals surface area contributed by atoms with Crippen molar-refractivity contribution >= 4 is 11.8 Å². The van der Waals surface area contributed by atoms with Crippen molar-refractivity contribution in [3.8, 4) is 0 Å². The molecule has 3 N–H and O–H groups in total. The number of nitrogens with one attached hydrogen (secondary N) is 3. The van der Waals surface area contributed by atoms with Gasteiger partial charge in [0.2, 0.25) is 5.91 Å². The molecule has 2 aromatic heterocycles. The molecular formula is C21H30N4O4. The van der Waals surface area contributed by atoms with Gasteiger partial charge >= 0.3 is 0 Å². The van der Waals surface area contributed by atoms with E-state index < -0.39 is 0 Å². The third kappa shape index (κ3) is 5.26. The van der Waals surface area contributed by atoms with Gasteiger partial charge in [0.25, 0.3) is 5.91 Å². The van der Waals surface area contributed by atoms with Crippen molar-refractivity contribution in [3.63, 3.8) is 0 Å². The van der Waals surface area contributed by atoms with Crippen LogP contribution >= 0.6 is 0 Å². The normalized spacial score (nSPS) is 21.7. The molecule has 2 aromatic rings. The number of rotatable bonds is 8. The first-order valence-corrected chi connectivity index (χ1v) is 10.2. The zero-order valence-electron chi connectivity index (χ0n) is 17.3. The summed E-state index contributed by atoms with van der Waals surface area (Å²) in [7, 11) is 0. The monoisotopic (exact) mass is 402 g/mol. The number of aromatic nitrogens is 2. The molecule has 3 atom stereocenters. The predicted molar refractivity (Wildman–Crippen MR) is 107 cm³/mol. The minimum atomic E-state index is -0.183. The van der Waals surface area contributed by atoms with Gasteiger partial charge in [-0.05, 0) is 51.7 Å². The van der Waals surface area contributed by atoms with E-state index in [0.29, 0.717) is 38.1 Å². The molecule has 1 aliphatic rings. The van der Waals surface area contributed by atoms with Gasteiger partial charge in [-0.15, -0.1) is 0 Å². The number of hydrogen-bond acceptors (Lipinski definition) is 5. The number of H-pyrrole nitrogens is 1. The maximum atomic E-state index is 12.7. The summed E-state index contributed by atoms with van der Waals surface area (Å²) < 4.78 is 11.2. The standard InChI is InChI=1S/C21H30N4O4/c1-4-10-28-19-11-15(20(26)23-12-16-13(2)25-29-14(16)3)7-8-17(19)24-21(27)18-6-5-9-22-18/h5-6,9,15,17,19,22H,4,7-8,10-12H2,1-3H3,(H,23,26)(H,24,27). The Kier molecular flexibility index (Phi) is 7.09. The number of ether oxygens (including phenoxy) is 1. The topological polar surface area (TPSA) is 109 Å². The fourth-order valence-electron chi connectivity index (χ4n) is 3.78. The first-order valence-electron chi connectivity index (χ1n) is 10.2. The highest BCUT2D eigenvalue weighted by atomic mass is 16.5. The number of aromatic amines is 1. The lowest BCUT2D eigenvalue weighted by Gasteiger charge is -2.35. The lowest BCUT2D eigenvalue weighted by molar-refractivity contribution is -0.128. The number of carbonyl (C=O) groups excluding carboxylic acids is 2. The minimum absolute atomic E-state index is 0.00393. The van der Waals surface area contributed by atoms with E-state index in [2.05, 4.69) is 20.8 Å². The van der Waals surface area contributed by atoms with Crippen molar-refractivity contribution in [2.24, 2.45) is 5.92 Å². The molecule has 1 saturated carbocycles. The van der Waals surface area contributed by atoms with Gasteiger partial charge in [-0.3, -0.25) is 9.59 Å². The van der Waals surface area contributed by atoms with Crippen LogP contribution in [0.3, 0.4) is 0 Å². The predicted octanol–water partition coefficient (Wildman–Crippen LogP) is 2.63. The molecule has 0 spiro atoms. The van der Waals surface area contributed by atoms with Crippen molar-refractivity contribution in [2.75, 3.05) is 6.61 Å². The van der Waals surface area contributed by atoms with E-state index >= 15 is 0 Å². The first-order chi connectivity index (χ1) is 14.0. The van der Waals surface area contributed by atoms with Crippen LogP contribution in [0.4, 0.5) is 0 Å². The van der Waals surface area contributed by atoms with Crippen molar-refractivity contribution in [2.45, 2.75) is 65.1 Å². The average molecular weight is 402 g/mol. The van der Waals surface area contributed by atoms with Crippen LogP contribution in [0.2, 0.25) is 0 Å². The molecule has 3 rings (SSSR count). The highest BCUT2D eigenvalue weighted by molar-refractivity contribution is 5.92. The van der Waals surface area contributed by atoms with Gasteiger partial charge in [-0.2, -0.15) is 0 Å². The molecule has 8 nitrogen and oxygen atoms in total. The van der Waals surface area contributed by atoms with E-state index in [1.54, 1.807) is 18.3 Å². The Labute approximate surface area is 170 Å². The van der Waals surface area contributed by atoms with E-state index in [1.807, 2.05) is 20.8 Å². The van der Waals surface area contributed by atoms with Crippen molar-refractivity contribution in [1.82, 2.24) is 20.8 Å². The Morgan fingerprint density at radius 3 is 2.83 bits per heavy atom. The van der Waals surface area contributed by atoms with Crippen LogP contribution in [-0.4, -0.2) is 40.7 Å². The molecular weight excluding hydrogens is 372 g/mol. The summed E-state index contributed by atoms with van der Waals surface area (Å²) in [5.74, 6) is 0.439. The second kappa shape index (κ2) is 9.73. The molecule has 3 unspecified atom stereocenters. The van der Waals surface area contributed by atoms with Gasteiger partial charge in [0.1, 0.15) is 11.5 Å². The molecule has 1 aliphatic carbocycles. The second-order valence-electron chi connectivity index (χ2n) is 7.60. The van der Waals surface area contributed by atoms with E-state index in [0.717, 1.165) is 23.4 Å². The quantitative estimate of drug-likeness (QED) is 0.629. The summed E-state index contributed by atoms with van der Waals surface area (Å²) in [6, 6.07) is 3.43. The zero-order valence-corrected chi connectivity index (χ0v) is 17.3. The van der Waals surface area contributed by atoms with Gasteiger partial charge < -0.3 is 24.9 Å². The second-order valence-corrected chi connectivity index (χ2v) is 7.60. The zero-order chi connectivity index (χ0) is 20.8. The van der Waals surface area contributed by atoms with Gasteiger partial charge in [0, 0.05) is 30.8 Å². The van der Waals surface area contributed by atoms with Gasteiger partial charge in [-0.1, -0.05) is 12.1 Å². The Morgan fingerprint density at radius 2 is 2.17 bits per heavy atom. The lowest BCUT2D eigenvalue weighted by Crippen LogP contribution is -2.50. The summed E-state index contributed by atoms with van der Waals surface area (Å²) >= 11 is 0. The van der Waals surface area contributed by atoms with Crippen molar-refractivity contribution < 1.29 is 18.8 Å². The highest BCUT2D eigenvalue weighted by Gasteiger charge is 2.35. The molecule has 8 heteroatoms. The average Bonchev–Trinajstić information content (AvgIpc) is 3.36. The summed E-state index contributed by atoms with van der Waals surface area (Å²) in [5, 5.41) is 9.99. The molecule has 2 heterocycles. The van der Waals surface area contributed by atoms with Crippen LogP contribution in [0, 0.1) is 19.8 Å². The van der Waals surface area contributed by atoms with Crippen LogP contribution in [0.5, 0.6) is 0 Å². The van der Waals surface area contributed by atoms with Crippen molar-refractivity contribution in [3.05, 3.63) is 41.0 Å². The van der Waals surface area contributed by atoms with Gasteiger partial charge in [-0.25, -0.2) is 0 Å². The Bertz CT molecular complexity index is 795. The summed E-state index contributed by atoms with van der Waals surface area (Å²) in [4.78, 5) is 28.1. The fraction of sp³-hybridized carbons (Fsp3) is 0.571. The Hall–Kier alpha value is -2.61. The molecule has 0 aromatic carbocycles. The van der Waals surface area contributed by atoms with Crippen LogP contribution in [0.15, 0.2) is 22.9 Å². The highest BCUT2D eigenvalue weighted by Crippen LogP contribution is 2.28. The molecule has 1 fully saturated rings. The molecule has 0 radical (unpaired) electrons. The number of nitrogens with zero attached hydrogens (tertiary/aromatic N) is 1. The SMILES string of the molecule is CCCOC1CC(C(=O)NCc2c(C)noc2C)CCC1NC(=O)c1ccc[nH]1. The molecule has 2 amide bonds. The lowest BCUT2D eigenvalue weighted by atomic mass is 9.83. The van der Waals surface area contributed by atoms with E-state index in [1.165, 1.54) is 0 Å². The van der Waals surface area contributed by atoms with Crippen LogP contribution < -0.4 is 10.6 Å². The Morgan fingerprint density at radius 1 is 1.34 bits per heavy atom. The number of hydrogen-bond donors (Lipinski definition) is 3. The molecule has 29 heavy (non-hydrogen) atoms. The number of carbonyl (C=O) groups is 2. The van der Waals surface area contributed by atoms with Gasteiger partial charge in [0.15, 0.2) is 0 Å². The van der Waals surface area contributed by atoms with Crippen molar-refractivity contribution in [1.29, 1.82) is 0 Å². The molecule has 0 saturated heterocycles. The first kappa shape index (κ1) is 21.1. The van der Waals surface area contributed by atoms with Crippen LogP contribution in [-0.2, 0) is 16.1 Å². The summed E-state index contributed by atoms with van der Waals surface area (Å²) in [6.07, 6.45) is 4.41. The molecule has 158 valence electrons. The molecule has 0 aliphatic heterocycles. The largest absolute Gasteiger partial charge is 0.376 e. The van der Waals surface area contributed by atoms with Crippen LogP contribution in [0.25, 0.3) is 0 Å². The smallest absolute Gasteiger partial charge is 0.267 e. The third-order valence-electron chi connectivity index (χ3n) is 5.48. The minimum Gasteiger partial charge on any atom is -0.376 e. The van der Waals surface area contributed by atoms with E-state index in [-0.39, 0.29) is 29.9 Å². The number of aryl methyl sites for hydroxylation is 2.